The second-order valence-electron chi connectivity index (χ2n) is 4.17. The third kappa shape index (κ3) is 3.51. The van der Waals surface area contributed by atoms with Gasteiger partial charge < -0.3 is 10.6 Å². The number of carbonyl (C=O) groups is 1. The fraction of sp³-hybridized carbons (Fsp3) is 0.231. The maximum atomic E-state index is 13.3. The van der Waals surface area contributed by atoms with E-state index in [1.165, 1.54) is 11.3 Å². The second kappa shape index (κ2) is 5.96. The van der Waals surface area contributed by atoms with Crippen LogP contribution in [0.5, 0.6) is 0 Å². The summed E-state index contributed by atoms with van der Waals surface area (Å²) in [5.41, 5.74) is 0.657. The number of benzene rings is 1. The van der Waals surface area contributed by atoms with Crippen molar-refractivity contribution in [3.8, 4) is 0 Å². The van der Waals surface area contributed by atoms with Gasteiger partial charge >= 0.3 is 6.03 Å². The van der Waals surface area contributed by atoms with Gasteiger partial charge in [0, 0.05) is 10.9 Å². The lowest BCUT2D eigenvalue weighted by molar-refractivity contribution is 0.251. The molecule has 0 aliphatic rings. The number of carbonyl (C=O) groups excluding carboxylic acids is 1. The molecule has 2 N–H and O–H groups in total. The quantitative estimate of drug-likeness (QED) is 0.912. The highest BCUT2D eigenvalue weighted by Crippen LogP contribution is 2.17. The van der Waals surface area contributed by atoms with E-state index >= 15 is 0 Å². The molecule has 0 saturated heterocycles. The maximum Gasteiger partial charge on any atom is 0.319 e. The minimum atomic E-state index is -0.689. The smallest absolute Gasteiger partial charge is 0.319 e. The van der Waals surface area contributed by atoms with Gasteiger partial charge in [-0.2, -0.15) is 0 Å². The molecule has 1 aromatic carbocycles. The van der Waals surface area contributed by atoms with E-state index in [1.807, 2.05) is 13.8 Å². The van der Waals surface area contributed by atoms with Crippen LogP contribution >= 0.6 is 11.3 Å². The molecule has 2 aromatic rings. The molecule has 2 rings (SSSR count). The average Bonchev–Trinajstić information content (AvgIpc) is 2.70. The van der Waals surface area contributed by atoms with E-state index in [2.05, 4.69) is 15.6 Å². The first kappa shape index (κ1) is 14.4. The van der Waals surface area contributed by atoms with E-state index in [4.69, 9.17) is 0 Å². The number of aromatic nitrogens is 1. The molecule has 7 heteroatoms. The predicted octanol–water partition coefficient (Wildman–Crippen LogP) is 3.36. The zero-order chi connectivity index (χ0) is 14.7. The molecule has 20 heavy (non-hydrogen) atoms. The van der Waals surface area contributed by atoms with Crippen molar-refractivity contribution in [1.82, 2.24) is 10.3 Å². The van der Waals surface area contributed by atoms with E-state index in [0.29, 0.717) is 6.54 Å². The second-order valence-corrected chi connectivity index (χ2v) is 5.46. The van der Waals surface area contributed by atoms with E-state index in [1.54, 1.807) is 0 Å². The standard InChI is InChI=1S/C13H13F2N3OS/c1-7-12(20-8(2)17-7)6-16-13(19)18-11-5-9(14)3-4-10(11)15/h3-5H,6H2,1-2H3,(H2,16,18,19). The van der Waals surface area contributed by atoms with Crippen molar-refractivity contribution >= 4 is 23.1 Å². The Morgan fingerprint density at radius 1 is 1.35 bits per heavy atom. The largest absolute Gasteiger partial charge is 0.333 e. The summed E-state index contributed by atoms with van der Waals surface area (Å²) < 4.78 is 26.3. The van der Waals surface area contributed by atoms with Crippen molar-refractivity contribution in [3.63, 3.8) is 0 Å². The summed E-state index contributed by atoms with van der Waals surface area (Å²) in [5.74, 6) is -1.30. The molecule has 0 fully saturated rings. The number of nitrogens with zero attached hydrogens (tertiary/aromatic N) is 1. The monoisotopic (exact) mass is 297 g/mol. The van der Waals surface area contributed by atoms with Crippen molar-refractivity contribution in [2.45, 2.75) is 20.4 Å². The Kier molecular flexibility index (Phi) is 4.29. The van der Waals surface area contributed by atoms with Crippen LogP contribution in [0.2, 0.25) is 0 Å². The summed E-state index contributed by atoms with van der Waals surface area (Å²) in [5, 5.41) is 5.76. The molecule has 0 radical (unpaired) electrons. The van der Waals surface area contributed by atoms with Gasteiger partial charge in [0.05, 0.1) is 22.9 Å². The summed E-state index contributed by atoms with van der Waals surface area (Å²) in [6.07, 6.45) is 0. The van der Waals surface area contributed by atoms with Crippen LogP contribution in [0.1, 0.15) is 15.6 Å². The third-order valence-corrected chi connectivity index (χ3v) is 3.66. The normalized spacial score (nSPS) is 10.4. The molecular weight excluding hydrogens is 284 g/mol. The summed E-state index contributed by atoms with van der Waals surface area (Å²) in [6, 6.07) is 2.28. The number of nitrogens with one attached hydrogen (secondary N) is 2. The van der Waals surface area contributed by atoms with Gasteiger partial charge in [-0.05, 0) is 26.0 Å². The van der Waals surface area contributed by atoms with Gasteiger partial charge in [-0.25, -0.2) is 18.6 Å². The molecule has 0 unspecified atom stereocenters. The van der Waals surface area contributed by atoms with Crippen LogP contribution in [0.3, 0.4) is 0 Å². The number of halogens is 2. The molecular formula is C13H13F2N3OS. The summed E-state index contributed by atoms with van der Waals surface area (Å²) in [6.45, 7) is 4.02. The molecule has 0 bridgehead atoms. The van der Waals surface area contributed by atoms with Gasteiger partial charge in [0.1, 0.15) is 11.6 Å². The van der Waals surface area contributed by atoms with Gasteiger partial charge in [-0.15, -0.1) is 11.3 Å². The van der Waals surface area contributed by atoms with Gasteiger partial charge in [-0.3, -0.25) is 0 Å². The molecule has 0 saturated carbocycles. The van der Waals surface area contributed by atoms with Crippen LogP contribution < -0.4 is 10.6 Å². The van der Waals surface area contributed by atoms with Crippen LogP contribution in [0.25, 0.3) is 0 Å². The number of rotatable bonds is 3. The minimum Gasteiger partial charge on any atom is -0.333 e. The van der Waals surface area contributed by atoms with Gasteiger partial charge in [-0.1, -0.05) is 0 Å². The SMILES string of the molecule is Cc1nc(C)c(CNC(=O)Nc2cc(F)ccc2F)s1. The highest BCUT2D eigenvalue weighted by Gasteiger charge is 2.10. The third-order valence-electron chi connectivity index (χ3n) is 2.59. The first-order valence-corrected chi connectivity index (χ1v) is 6.70. The van der Waals surface area contributed by atoms with E-state index in [9.17, 15) is 13.6 Å². The van der Waals surface area contributed by atoms with Crippen molar-refractivity contribution in [3.05, 3.63) is 45.4 Å². The Hall–Kier alpha value is -2.02. The molecule has 1 heterocycles. The van der Waals surface area contributed by atoms with Crippen molar-refractivity contribution < 1.29 is 13.6 Å². The van der Waals surface area contributed by atoms with Crippen LogP contribution in [0, 0.1) is 25.5 Å². The van der Waals surface area contributed by atoms with Crippen molar-refractivity contribution in [2.75, 3.05) is 5.32 Å². The lowest BCUT2D eigenvalue weighted by atomic mass is 10.3. The highest BCUT2D eigenvalue weighted by molar-refractivity contribution is 7.11. The lowest BCUT2D eigenvalue weighted by Crippen LogP contribution is -2.28. The van der Waals surface area contributed by atoms with E-state index in [-0.39, 0.29) is 5.69 Å². The first-order chi connectivity index (χ1) is 9.45. The Bertz CT molecular complexity index is 643. The molecule has 106 valence electrons. The van der Waals surface area contributed by atoms with Crippen LogP contribution in [0.15, 0.2) is 18.2 Å². The van der Waals surface area contributed by atoms with E-state index < -0.39 is 17.7 Å². The molecule has 2 amide bonds. The highest BCUT2D eigenvalue weighted by atomic mass is 32.1. The minimum absolute atomic E-state index is 0.195. The van der Waals surface area contributed by atoms with Gasteiger partial charge in [0.15, 0.2) is 0 Å². The Morgan fingerprint density at radius 2 is 2.10 bits per heavy atom. The zero-order valence-electron chi connectivity index (χ0n) is 11.0. The maximum absolute atomic E-state index is 13.3. The number of urea groups is 1. The first-order valence-electron chi connectivity index (χ1n) is 5.88. The van der Waals surface area contributed by atoms with Crippen molar-refractivity contribution in [2.24, 2.45) is 0 Å². The van der Waals surface area contributed by atoms with Gasteiger partial charge in [0.2, 0.25) is 0 Å². The number of amides is 2. The molecule has 0 aliphatic carbocycles. The number of thiazole rings is 1. The van der Waals surface area contributed by atoms with Crippen LogP contribution in [0.4, 0.5) is 19.3 Å². The fourth-order valence-corrected chi connectivity index (χ4v) is 2.53. The Morgan fingerprint density at radius 3 is 2.75 bits per heavy atom. The Labute approximate surface area is 118 Å². The summed E-state index contributed by atoms with van der Waals surface area (Å²) in [4.78, 5) is 16.8. The molecule has 1 aromatic heterocycles. The molecule has 0 spiro atoms. The van der Waals surface area contributed by atoms with Crippen LogP contribution in [-0.2, 0) is 6.54 Å². The fourth-order valence-electron chi connectivity index (χ4n) is 1.66. The van der Waals surface area contributed by atoms with Crippen LogP contribution in [-0.4, -0.2) is 11.0 Å². The molecule has 0 aliphatic heterocycles. The number of hydrogen-bond donors (Lipinski definition) is 2. The van der Waals surface area contributed by atoms with Gasteiger partial charge in [0.25, 0.3) is 0 Å². The number of hydrogen-bond acceptors (Lipinski definition) is 3. The number of anilines is 1. The average molecular weight is 297 g/mol. The van der Waals surface area contributed by atoms with E-state index in [0.717, 1.165) is 33.8 Å². The molecule has 4 nitrogen and oxygen atoms in total. The zero-order valence-corrected chi connectivity index (χ0v) is 11.8. The topological polar surface area (TPSA) is 54.0 Å². The Balaban J connectivity index is 1.96. The predicted molar refractivity (Wildman–Crippen MR) is 73.8 cm³/mol. The summed E-state index contributed by atoms with van der Waals surface area (Å²) >= 11 is 1.48. The van der Waals surface area contributed by atoms with Crippen molar-refractivity contribution in [1.29, 1.82) is 0 Å². The summed E-state index contributed by atoms with van der Waals surface area (Å²) in [7, 11) is 0. The lowest BCUT2D eigenvalue weighted by Gasteiger charge is -2.08. The molecule has 0 atom stereocenters. The number of aryl methyl sites for hydroxylation is 2.